The highest BCUT2D eigenvalue weighted by atomic mass is 15.1. The largest absolute Gasteiger partial charge is 0.326 e. The quantitative estimate of drug-likeness (QED) is 0.608. The van der Waals surface area contributed by atoms with Gasteiger partial charge in [0.25, 0.3) is 0 Å². The van der Waals surface area contributed by atoms with Crippen LogP contribution in [0.5, 0.6) is 0 Å². The number of hydrogen-bond donors (Lipinski definition) is 1. The Balaban J connectivity index is 3.58. The first-order valence-corrected chi connectivity index (χ1v) is 3.51. The van der Waals surface area contributed by atoms with Crippen LogP contribution in [0.1, 0.15) is 20.3 Å². The Morgan fingerprint density at radius 1 is 1.44 bits per heavy atom. The van der Waals surface area contributed by atoms with E-state index in [9.17, 15) is 0 Å². The molecule has 0 aromatic heterocycles. The van der Waals surface area contributed by atoms with Crippen molar-refractivity contribution in [3.8, 4) is 0 Å². The molecule has 0 fully saturated rings. The van der Waals surface area contributed by atoms with Gasteiger partial charge in [0.05, 0.1) is 0 Å². The number of likely N-dealkylation sites (N-methyl/N-ethyl adjacent to an activating group) is 1. The molecular weight excluding hydrogens is 112 g/mol. The monoisotopic (exact) mass is 130 g/mol. The first kappa shape index (κ1) is 8.92. The van der Waals surface area contributed by atoms with E-state index in [1.807, 2.05) is 0 Å². The maximum atomic E-state index is 5.78. The Morgan fingerprint density at radius 2 is 1.89 bits per heavy atom. The van der Waals surface area contributed by atoms with Crippen molar-refractivity contribution in [1.29, 1.82) is 0 Å². The van der Waals surface area contributed by atoms with Crippen LogP contribution in [0.25, 0.3) is 0 Å². The lowest BCUT2D eigenvalue weighted by atomic mass is 10.1. The van der Waals surface area contributed by atoms with Crippen LogP contribution in [0.15, 0.2) is 0 Å². The fourth-order valence-corrected chi connectivity index (χ4v) is 0.724. The third-order valence-electron chi connectivity index (χ3n) is 1.91. The Labute approximate surface area is 58.0 Å². The van der Waals surface area contributed by atoms with Crippen molar-refractivity contribution in [3.05, 3.63) is 0 Å². The second-order valence-corrected chi connectivity index (χ2v) is 2.78. The molecule has 0 heterocycles. The molecule has 2 unspecified atom stereocenters. The Kier molecular flexibility index (Phi) is 3.82. The van der Waals surface area contributed by atoms with Gasteiger partial charge in [-0.15, -0.1) is 0 Å². The van der Waals surface area contributed by atoms with Crippen molar-refractivity contribution < 1.29 is 0 Å². The van der Waals surface area contributed by atoms with Crippen LogP contribution in [-0.4, -0.2) is 31.1 Å². The summed E-state index contributed by atoms with van der Waals surface area (Å²) in [6.45, 7) is 4.26. The third kappa shape index (κ3) is 2.82. The van der Waals surface area contributed by atoms with Crippen molar-refractivity contribution in [2.75, 3.05) is 14.1 Å². The van der Waals surface area contributed by atoms with Gasteiger partial charge in [0.1, 0.15) is 0 Å². The zero-order valence-electron chi connectivity index (χ0n) is 6.89. The van der Waals surface area contributed by atoms with Gasteiger partial charge in [-0.05, 0) is 27.4 Å². The molecular formula is C7H18N2. The zero-order chi connectivity index (χ0) is 7.44. The molecule has 2 nitrogen and oxygen atoms in total. The normalized spacial score (nSPS) is 18.0. The molecule has 2 heteroatoms. The number of nitrogens with zero attached hydrogens (tertiary/aromatic N) is 1. The summed E-state index contributed by atoms with van der Waals surface area (Å²) < 4.78 is 0. The minimum Gasteiger partial charge on any atom is -0.326 e. The SMILES string of the molecule is CCC(N)C(C)N(C)C. The van der Waals surface area contributed by atoms with E-state index in [0.29, 0.717) is 12.1 Å². The molecule has 9 heavy (non-hydrogen) atoms. The standard InChI is InChI=1S/C7H18N2/c1-5-7(8)6(2)9(3)4/h6-7H,5,8H2,1-4H3. The van der Waals surface area contributed by atoms with Gasteiger partial charge in [0, 0.05) is 12.1 Å². The summed E-state index contributed by atoms with van der Waals surface area (Å²) in [5, 5.41) is 0. The molecule has 0 aliphatic carbocycles. The van der Waals surface area contributed by atoms with Crippen LogP contribution in [-0.2, 0) is 0 Å². The van der Waals surface area contributed by atoms with Crippen molar-refractivity contribution >= 4 is 0 Å². The first-order chi connectivity index (χ1) is 4.09. The van der Waals surface area contributed by atoms with Crippen molar-refractivity contribution in [3.63, 3.8) is 0 Å². The van der Waals surface area contributed by atoms with Crippen LogP contribution in [0.4, 0.5) is 0 Å². The number of nitrogens with two attached hydrogens (primary N) is 1. The molecule has 0 saturated carbocycles. The summed E-state index contributed by atoms with van der Waals surface area (Å²) in [5.74, 6) is 0. The van der Waals surface area contributed by atoms with E-state index in [2.05, 4.69) is 32.8 Å². The maximum absolute atomic E-state index is 5.78. The molecule has 0 amide bonds. The summed E-state index contributed by atoms with van der Waals surface area (Å²) in [5.41, 5.74) is 5.78. The van der Waals surface area contributed by atoms with Gasteiger partial charge in [-0.1, -0.05) is 6.92 Å². The average molecular weight is 130 g/mol. The van der Waals surface area contributed by atoms with Crippen LogP contribution in [0.3, 0.4) is 0 Å². The molecule has 0 aliphatic rings. The van der Waals surface area contributed by atoms with Gasteiger partial charge in [0.15, 0.2) is 0 Å². The fourth-order valence-electron chi connectivity index (χ4n) is 0.724. The van der Waals surface area contributed by atoms with Gasteiger partial charge in [0.2, 0.25) is 0 Å². The minimum atomic E-state index is 0.319. The lowest BCUT2D eigenvalue weighted by Crippen LogP contribution is -2.41. The highest BCUT2D eigenvalue weighted by Gasteiger charge is 2.11. The van der Waals surface area contributed by atoms with Gasteiger partial charge in [-0.2, -0.15) is 0 Å². The van der Waals surface area contributed by atoms with Crippen molar-refractivity contribution in [2.45, 2.75) is 32.4 Å². The van der Waals surface area contributed by atoms with E-state index < -0.39 is 0 Å². The molecule has 0 radical (unpaired) electrons. The van der Waals surface area contributed by atoms with E-state index in [1.54, 1.807) is 0 Å². The first-order valence-electron chi connectivity index (χ1n) is 3.51. The highest BCUT2D eigenvalue weighted by Crippen LogP contribution is 1.99. The summed E-state index contributed by atoms with van der Waals surface area (Å²) in [6, 6.07) is 0.815. The van der Waals surface area contributed by atoms with Gasteiger partial charge < -0.3 is 10.6 Å². The summed E-state index contributed by atoms with van der Waals surface area (Å²) >= 11 is 0. The number of hydrogen-bond acceptors (Lipinski definition) is 2. The van der Waals surface area contributed by atoms with E-state index in [0.717, 1.165) is 6.42 Å². The molecule has 0 bridgehead atoms. The fraction of sp³-hybridized carbons (Fsp3) is 1.00. The smallest absolute Gasteiger partial charge is 0.0212 e. The topological polar surface area (TPSA) is 29.3 Å². The lowest BCUT2D eigenvalue weighted by molar-refractivity contribution is 0.268. The predicted octanol–water partition coefficient (Wildman–Crippen LogP) is 0.674. The molecule has 0 rings (SSSR count). The molecule has 0 spiro atoms. The van der Waals surface area contributed by atoms with Crippen LogP contribution in [0.2, 0.25) is 0 Å². The highest BCUT2D eigenvalue weighted by molar-refractivity contribution is 4.72. The van der Waals surface area contributed by atoms with E-state index >= 15 is 0 Å². The molecule has 2 N–H and O–H groups in total. The Bertz CT molecular complexity index is 71.3. The van der Waals surface area contributed by atoms with E-state index in [4.69, 9.17) is 5.73 Å². The van der Waals surface area contributed by atoms with Crippen molar-refractivity contribution in [1.82, 2.24) is 4.90 Å². The van der Waals surface area contributed by atoms with Crippen LogP contribution < -0.4 is 5.73 Å². The van der Waals surface area contributed by atoms with Gasteiger partial charge in [-0.3, -0.25) is 0 Å². The summed E-state index contributed by atoms with van der Waals surface area (Å²) in [7, 11) is 4.11. The molecule has 0 saturated heterocycles. The molecule has 0 aromatic rings. The minimum absolute atomic E-state index is 0.319. The van der Waals surface area contributed by atoms with Crippen molar-refractivity contribution in [2.24, 2.45) is 5.73 Å². The average Bonchev–Trinajstić information content (AvgIpc) is 1.84. The summed E-state index contributed by atoms with van der Waals surface area (Å²) in [4.78, 5) is 2.15. The third-order valence-corrected chi connectivity index (χ3v) is 1.91. The van der Waals surface area contributed by atoms with E-state index in [1.165, 1.54) is 0 Å². The summed E-state index contributed by atoms with van der Waals surface area (Å²) in [6.07, 6.45) is 1.05. The van der Waals surface area contributed by atoms with E-state index in [-0.39, 0.29) is 0 Å². The predicted molar refractivity (Wildman–Crippen MR) is 41.4 cm³/mol. The number of rotatable bonds is 3. The second-order valence-electron chi connectivity index (χ2n) is 2.78. The molecule has 0 aliphatic heterocycles. The van der Waals surface area contributed by atoms with Gasteiger partial charge >= 0.3 is 0 Å². The molecule has 56 valence electrons. The lowest BCUT2D eigenvalue weighted by Gasteiger charge is -2.24. The van der Waals surface area contributed by atoms with Crippen LogP contribution >= 0.6 is 0 Å². The maximum Gasteiger partial charge on any atom is 0.0212 e. The molecule has 0 aromatic carbocycles. The van der Waals surface area contributed by atoms with Gasteiger partial charge in [-0.25, -0.2) is 0 Å². The zero-order valence-corrected chi connectivity index (χ0v) is 6.89. The molecule has 2 atom stereocenters. The van der Waals surface area contributed by atoms with Crippen LogP contribution in [0, 0.1) is 0 Å². The second kappa shape index (κ2) is 3.85. The Morgan fingerprint density at radius 3 is 2.00 bits per heavy atom. The Hall–Kier alpha value is -0.0800.